The molecule has 0 aromatic rings. The SMILES string of the molecule is C.CO.CO.CO.CO.CO.CO[Si](C)(OC)OC.CO[Si](C)(OC)OC. The van der Waals surface area contributed by atoms with Gasteiger partial charge in [-0.25, -0.2) is 0 Å². The predicted molar refractivity (Wildman–Crippen MR) is 113 cm³/mol. The molecule has 0 aliphatic rings. The van der Waals surface area contributed by atoms with E-state index in [1.807, 2.05) is 13.1 Å². The van der Waals surface area contributed by atoms with Crippen LogP contribution in [0.25, 0.3) is 0 Å². The van der Waals surface area contributed by atoms with Gasteiger partial charge in [-0.05, 0) is 0 Å². The molecular formula is C14H48O11Si2. The zero-order valence-electron chi connectivity index (χ0n) is 18.7. The monoisotopic (exact) mass is 448 g/mol. The average molecular weight is 449 g/mol. The summed E-state index contributed by atoms with van der Waals surface area (Å²) in [6.07, 6.45) is 0. The molecule has 0 rings (SSSR count). The second-order valence-corrected chi connectivity index (χ2v) is 8.85. The number of rotatable bonds is 6. The maximum atomic E-state index is 7.00. The summed E-state index contributed by atoms with van der Waals surface area (Å²) in [5, 5.41) is 35.0. The van der Waals surface area contributed by atoms with Crippen molar-refractivity contribution in [3.63, 3.8) is 0 Å². The maximum absolute atomic E-state index is 7.00. The normalized spacial score (nSPS) is 8.22. The van der Waals surface area contributed by atoms with Crippen LogP contribution in [0.1, 0.15) is 7.43 Å². The Morgan fingerprint density at radius 3 is 0.444 bits per heavy atom. The van der Waals surface area contributed by atoms with Crippen LogP contribution in [-0.4, -0.2) is 121 Å². The Hall–Kier alpha value is -0.00623. The van der Waals surface area contributed by atoms with E-state index in [0.717, 1.165) is 35.5 Å². The van der Waals surface area contributed by atoms with Gasteiger partial charge in [-0.2, -0.15) is 0 Å². The van der Waals surface area contributed by atoms with Crippen molar-refractivity contribution in [3.8, 4) is 0 Å². The lowest BCUT2D eigenvalue weighted by Crippen LogP contribution is -2.38. The summed E-state index contributed by atoms with van der Waals surface area (Å²) in [5.74, 6) is 0. The van der Waals surface area contributed by atoms with Crippen molar-refractivity contribution in [2.75, 3.05) is 78.2 Å². The summed E-state index contributed by atoms with van der Waals surface area (Å²) in [7, 11) is 10.2. The third-order valence-electron chi connectivity index (χ3n) is 2.22. The lowest BCUT2D eigenvalue weighted by Gasteiger charge is -2.18. The smallest absolute Gasteiger partial charge is 0.400 e. The van der Waals surface area contributed by atoms with Crippen molar-refractivity contribution in [3.05, 3.63) is 0 Å². The minimum atomic E-state index is -2.17. The average Bonchev–Trinajstić information content (AvgIpc) is 2.79. The molecule has 13 heteroatoms. The zero-order chi connectivity index (χ0) is 23.2. The van der Waals surface area contributed by atoms with E-state index < -0.39 is 17.6 Å². The van der Waals surface area contributed by atoms with Gasteiger partial charge in [0.2, 0.25) is 0 Å². The molecule has 0 aromatic carbocycles. The van der Waals surface area contributed by atoms with Crippen LogP contribution in [0, 0.1) is 0 Å². The molecule has 0 radical (unpaired) electrons. The van der Waals surface area contributed by atoms with E-state index in [-0.39, 0.29) is 7.43 Å². The molecule has 0 amide bonds. The molecule has 0 fully saturated rings. The zero-order valence-corrected chi connectivity index (χ0v) is 20.7. The van der Waals surface area contributed by atoms with Crippen molar-refractivity contribution in [1.29, 1.82) is 0 Å². The molecule has 0 unspecified atom stereocenters. The summed E-state index contributed by atoms with van der Waals surface area (Å²) >= 11 is 0. The van der Waals surface area contributed by atoms with Gasteiger partial charge in [0.1, 0.15) is 0 Å². The van der Waals surface area contributed by atoms with Gasteiger partial charge >= 0.3 is 17.6 Å². The lowest BCUT2D eigenvalue weighted by atomic mass is 11.8. The van der Waals surface area contributed by atoms with Crippen LogP contribution in [0.4, 0.5) is 0 Å². The first-order valence-electron chi connectivity index (χ1n) is 6.91. The van der Waals surface area contributed by atoms with Crippen LogP contribution in [0.5, 0.6) is 0 Å². The Morgan fingerprint density at radius 2 is 0.444 bits per heavy atom. The third-order valence-corrected chi connectivity index (χ3v) is 6.67. The standard InChI is InChI=1S/2C4H12O3Si.5CH4O.CH4/c2*1-5-8(4,6-2)7-3;5*1-2;/h2*1-4H3;5*2H,1H3;1H4. The summed E-state index contributed by atoms with van der Waals surface area (Å²) in [4.78, 5) is 0. The van der Waals surface area contributed by atoms with Gasteiger partial charge in [-0.15, -0.1) is 0 Å². The number of aliphatic hydroxyl groups excluding tert-OH is 5. The molecule has 178 valence electrons. The molecule has 0 aliphatic carbocycles. The van der Waals surface area contributed by atoms with Crippen LogP contribution in [-0.2, 0) is 26.6 Å². The first-order valence-corrected chi connectivity index (χ1v) is 11.4. The maximum Gasteiger partial charge on any atom is 0.496 e. The topological polar surface area (TPSA) is 157 Å². The van der Waals surface area contributed by atoms with Crippen molar-refractivity contribution in [2.45, 2.75) is 20.5 Å². The van der Waals surface area contributed by atoms with Crippen molar-refractivity contribution >= 4 is 17.6 Å². The van der Waals surface area contributed by atoms with Crippen molar-refractivity contribution < 1.29 is 52.1 Å². The highest BCUT2D eigenvalue weighted by atomic mass is 28.4. The predicted octanol–water partition coefficient (Wildman–Crippen LogP) is -0.333. The quantitative estimate of drug-likeness (QED) is 0.339. The highest BCUT2D eigenvalue weighted by Gasteiger charge is 2.29. The molecule has 27 heavy (non-hydrogen) atoms. The molecule has 0 spiro atoms. The van der Waals surface area contributed by atoms with E-state index in [4.69, 9.17) is 52.1 Å². The van der Waals surface area contributed by atoms with E-state index >= 15 is 0 Å². The van der Waals surface area contributed by atoms with Crippen LogP contribution in [0.2, 0.25) is 13.1 Å². The first-order chi connectivity index (χ1) is 12.4. The Bertz CT molecular complexity index is 139. The lowest BCUT2D eigenvalue weighted by molar-refractivity contribution is 0.131. The molecule has 0 bridgehead atoms. The molecule has 0 saturated carbocycles. The molecule has 0 aliphatic heterocycles. The molecule has 5 N–H and O–H groups in total. The van der Waals surface area contributed by atoms with Crippen LogP contribution in [0.3, 0.4) is 0 Å². The number of aliphatic hydroxyl groups is 5. The minimum absolute atomic E-state index is 0. The highest BCUT2D eigenvalue weighted by molar-refractivity contribution is 6.59. The van der Waals surface area contributed by atoms with Gasteiger partial charge < -0.3 is 52.1 Å². The number of hydrogen-bond donors (Lipinski definition) is 5. The fourth-order valence-corrected chi connectivity index (χ4v) is 1.50. The summed E-state index contributed by atoms with van der Waals surface area (Å²) in [6, 6.07) is 0. The Labute approximate surface area is 169 Å². The largest absolute Gasteiger partial charge is 0.496 e. The Morgan fingerprint density at radius 1 is 0.370 bits per heavy atom. The summed E-state index contributed by atoms with van der Waals surface area (Å²) in [5.41, 5.74) is 0. The Kier molecular flexibility index (Phi) is 93.9. The fraction of sp³-hybridized carbons (Fsp3) is 1.00. The molecule has 0 aromatic heterocycles. The first kappa shape index (κ1) is 50.6. The van der Waals surface area contributed by atoms with Gasteiger partial charge in [-0.1, -0.05) is 7.43 Å². The van der Waals surface area contributed by atoms with E-state index in [1.54, 1.807) is 42.7 Å². The van der Waals surface area contributed by atoms with E-state index in [0.29, 0.717) is 0 Å². The van der Waals surface area contributed by atoms with Gasteiger partial charge in [0.25, 0.3) is 0 Å². The van der Waals surface area contributed by atoms with Crippen molar-refractivity contribution in [2.24, 2.45) is 0 Å². The molecule has 0 atom stereocenters. The van der Waals surface area contributed by atoms with Crippen LogP contribution < -0.4 is 0 Å². The second kappa shape index (κ2) is 50.2. The van der Waals surface area contributed by atoms with Gasteiger partial charge in [-0.3, -0.25) is 0 Å². The van der Waals surface area contributed by atoms with E-state index in [2.05, 4.69) is 0 Å². The molecule has 0 heterocycles. The highest BCUT2D eigenvalue weighted by Crippen LogP contribution is 2.02. The van der Waals surface area contributed by atoms with E-state index in [1.165, 1.54) is 0 Å². The third kappa shape index (κ3) is 46.2. The molecule has 11 nitrogen and oxygen atoms in total. The van der Waals surface area contributed by atoms with Gasteiger partial charge in [0, 0.05) is 91.3 Å². The fourth-order valence-electron chi connectivity index (χ4n) is 0.500. The molecular weight excluding hydrogens is 400 g/mol. The minimum Gasteiger partial charge on any atom is -0.400 e. The Balaban J connectivity index is -0.0000000297. The van der Waals surface area contributed by atoms with Crippen LogP contribution >= 0.6 is 0 Å². The van der Waals surface area contributed by atoms with Gasteiger partial charge in [0.15, 0.2) is 0 Å². The summed E-state index contributed by atoms with van der Waals surface area (Å²) < 4.78 is 29.6. The van der Waals surface area contributed by atoms with E-state index in [9.17, 15) is 0 Å². The second-order valence-electron chi connectivity index (χ2n) is 2.95. The van der Waals surface area contributed by atoms with Crippen LogP contribution in [0.15, 0.2) is 0 Å². The summed E-state index contributed by atoms with van der Waals surface area (Å²) in [6.45, 7) is 3.65. The van der Waals surface area contributed by atoms with Crippen molar-refractivity contribution in [1.82, 2.24) is 0 Å². The number of hydrogen-bond acceptors (Lipinski definition) is 11. The van der Waals surface area contributed by atoms with Gasteiger partial charge in [0.05, 0.1) is 0 Å². The molecule has 0 saturated heterocycles.